The first-order chi connectivity index (χ1) is 8.72. The molecule has 0 spiro atoms. The van der Waals surface area contributed by atoms with Crippen LogP contribution in [0.2, 0.25) is 0 Å². The van der Waals surface area contributed by atoms with E-state index in [1.807, 2.05) is 0 Å². The molecule has 1 amide bonds. The lowest BCUT2D eigenvalue weighted by Gasteiger charge is -2.29. The van der Waals surface area contributed by atoms with E-state index in [0.717, 1.165) is 64.7 Å². The fourth-order valence-electron chi connectivity index (χ4n) is 2.30. The van der Waals surface area contributed by atoms with Crippen molar-refractivity contribution < 1.29 is 9.90 Å². The number of hydrogen-bond acceptors (Lipinski definition) is 3. The van der Waals surface area contributed by atoms with Gasteiger partial charge in [-0.2, -0.15) is 0 Å². The zero-order valence-electron chi connectivity index (χ0n) is 11.7. The highest BCUT2D eigenvalue weighted by Crippen LogP contribution is 2.09. The second-order valence-electron chi connectivity index (χ2n) is 5.23. The second-order valence-corrected chi connectivity index (χ2v) is 5.23. The quantitative estimate of drug-likeness (QED) is 0.648. The number of aliphatic hydroxyl groups excluding tert-OH is 1. The number of nitrogens with one attached hydrogen (secondary N) is 1. The van der Waals surface area contributed by atoms with Gasteiger partial charge in [0.25, 0.3) is 0 Å². The Bertz CT molecular complexity index is 226. The largest absolute Gasteiger partial charge is 0.393 e. The van der Waals surface area contributed by atoms with E-state index in [0.29, 0.717) is 6.42 Å². The molecule has 0 saturated carbocycles. The number of likely N-dealkylation sites (tertiary alicyclic amines) is 1. The summed E-state index contributed by atoms with van der Waals surface area (Å²) < 4.78 is 0. The van der Waals surface area contributed by atoms with Gasteiger partial charge in [0.1, 0.15) is 0 Å². The van der Waals surface area contributed by atoms with Crippen molar-refractivity contribution in [3.63, 3.8) is 0 Å². The molecule has 1 rings (SSSR count). The summed E-state index contributed by atoms with van der Waals surface area (Å²) in [5, 5.41) is 12.4. The van der Waals surface area contributed by atoms with E-state index in [4.69, 9.17) is 0 Å². The highest BCUT2D eigenvalue weighted by Gasteiger charge is 2.15. The van der Waals surface area contributed by atoms with Crippen LogP contribution in [0.5, 0.6) is 0 Å². The van der Waals surface area contributed by atoms with Crippen molar-refractivity contribution in [3.05, 3.63) is 0 Å². The van der Waals surface area contributed by atoms with Crippen molar-refractivity contribution in [2.24, 2.45) is 0 Å². The average Bonchev–Trinajstić information content (AvgIpc) is 2.37. The first kappa shape index (κ1) is 15.4. The molecule has 106 valence electrons. The molecule has 0 unspecified atom stereocenters. The Morgan fingerprint density at radius 3 is 2.67 bits per heavy atom. The maximum Gasteiger partial charge on any atom is 0.219 e. The third-order valence-corrected chi connectivity index (χ3v) is 3.54. The molecular formula is C14H28N2O2. The molecule has 1 saturated heterocycles. The lowest BCUT2D eigenvalue weighted by molar-refractivity contribution is -0.121. The van der Waals surface area contributed by atoms with Gasteiger partial charge in [0.2, 0.25) is 5.91 Å². The van der Waals surface area contributed by atoms with Gasteiger partial charge in [0, 0.05) is 26.1 Å². The van der Waals surface area contributed by atoms with Crippen LogP contribution in [0.15, 0.2) is 0 Å². The summed E-state index contributed by atoms with van der Waals surface area (Å²) >= 11 is 0. The number of amides is 1. The topological polar surface area (TPSA) is 52.6 Å². The van der Waals surface area contributed by atoms with Crippen LogP contribution in [-0.4, -0.2) is 48.2 Å². The Labute approximate surface area is 111 Å². The molecule has 1 heterocycles. The van der Waals surface area contributed by atoms with Crippen LogP contribution < -0.4 is 5.32 Å². The molecule has 4 heteroatoms. The summed E-state index contributed by atoms with van der Waals surface area (Å²) in [5.41, 5.74) is 0. The summed E-state index contributed by atoms with van der Waals surface area (Å²) in [5.74, 6) is 0.192. The fraction of sp³-hybridized carbons (Fsp3) is 0.929. The number of piperidine rings is 1. The molecule has 0 bridgehead atoms. The Morgan fingerprint density at radius 1 is 1.28 bits per heavy atom. The number of rotatable bonds is 8. The summed E-state index contributed by atoms with van der Waals surface area (Å²) in [6.45, 7) is 5.94. The minimum absolute atomic E-state index is 0.0977. The molecule has 0 aromatic rings. The first-order valence-electron chi connectivity index (χ1n) is 7.39. The Hall–Kier alpha value is -0.610. The van der Waals surface area contributed by atoms with Gasteiger partial charge in [0.05, 0.1) is 6.10 Å². The van der Waals surface area contributed by atoms with Crippen LogP contribution >= 0.6 is 0 Å². The van der Waals surface area contributed by atoms with Gasteiger partial charge >= 0.3 is 0 Å². The summed E-state index contributed by atoms with van der Waals surface area (Å²) in [4.78, 5) is 13.8. The number of aliphatic hydroxyl groups is 1. The van der Waals surface area contributed by atoms with Gasteiger partial charge in [-0.3, -0.25) is 4.79 Å². The van der Waals surface area contributed by atoms with E-state index in [-0.39, 0.29) is 12.0 Å². The van der Waals surface area contributed by atoms with E-state index in [1.165, 1.54) is 0 Å². The number of carbonyl (C=O) groups excluding carboxylic acids is 1. The molecule has 1 aliphatic rings. The number of nitrogens with zero attached hydrogens (tertiary/aromatic N) is 1. The normalized spacial score (nSPS) is 17.9. The lowest BCUT2D eigenvalue weighted by Crippen LogP contribution is -2.37. The fourth-order valence-corrected chi connectivity index (χ4v) is 2.30. The zero-order chi connectivity index (χ0) is 13.2. The highest BCUT2D eigenvalue weighted by atomic mass is 16.3. The summed E-state index contributed by atoms with van der Waals surface area (Å²) in [6.07, 6.45) is 6.68. The minimum atomic E-state index is -0.0977. The summed E-state index contributed by atoms with van der Waals surface area (Å²) in [6, 6.07) is 0. The highest BCUT2D eigenvalue weighted by molar-refractivity contribution is 5.75. The van der Waals surface area contributed by atoms with Crippen LogP contribution in [0.1, 0.15) is 51.9 Å². The second kappa shape index (κ2) is 9.34. The van der Waals surface area contributed by atoms with E-state index in [2.05, 4.69) is 17.1 Å². The van der Waals surface area contributed by atoms with E-state index in [1.54, 1.807) is 0 Å². The Morgan fingerprint density at radius 2 is 2.00 bits per heavy atom. The van der Waals surface area contributed by atoms with E-state index < -0.39 is 0 Å². The van der Waals surface area contributed by atoms with Gasteiger partial charge < -0.3 is 15.3 Å². The van der Waals surface area contributed by atoms with Crippen LogP contribution in [0.4, 0.5) is 0 Å². The van der Waals surface area contributed by atoms with Gasteiger partial charge in [-0.25, -0.2) is 0 Å². The van der Waals surface area contributed by atoms with Crippen LogP contribution in [0, 0.1) is 0 Å². The molecule has 1 aliphatic heterocycles. The first-order valence-corrected chi connectivity index (χ1v) is 7.39. The molecule has 0 atom stereocenters. The number of hydrogen-bond donors (Lipinski definition) is 2. The third-order valence-electron chi connectivity index (χ3n) is 3.54. The predicted octanol–water partition coefficient (Wildman–Crippen LogP) is 1.53. The van der Waals surface area contributed by atoms with Crippen LogP contribution in [0.25, 0.3) is 0 Å². The van der Waals surface area contributed by atoms with Crippen molar-refractivity contribution in [1.82, 2.24) is 10.2 Å². The Balaban J connectivity index is 1.93. The van der Waals surface area contributed by atoms with Gasteiger partial charge in [-0.15, -0.1) is 0 Å². The van der Waals surface area contributed by atoms with E-state index in [9.17, 15) is 9.90 Å². The third kappa shape index (κ3) is 6.97. The molecule has 18 heavy (non-hydrogen) atoms. The zero-order valence-corrected chi connectivity index (χ0v) is 11.7. The van der Waals surface area contributed by atoms with Crippen molar-refractivity contribution in [2.45, 2.75) is 58.0 Å². The van der Waals surface area contributed by atoms with Crippen molar-refractivity contribution in [3.8, 4) is 0 Å². The average molecular weight is 256 g/mol. The molecule has 0 radical (unpaired) electrons. The van der Waals surface area contributed by atoms with Crippen LogP contribution in [-0.2, 0) is 4.79 Å². The van der Waals surface area contributed by atoms with Gasteiger partial charge in [-0.1, -0.05) is 19.8 Å². The SMILES string of the molecule is CCCCCC(=O)NCCCN1CCC(O)CC1. The van der Waals surface area contributed by atoms with Gasteiger partial charge in [0.15, 0.2) is 0 Å². The predicted molar refractivity (Wildman–Crippen MR) is 73.4 cm³/mol. The van der Waals surface area contributed by atoms with Crippen molar-refractivity contribution >= 4 is 5.91 Å². The standard InChI is InChI=1S/C14H28N2O2/c1-2-3-4-6-14(18)15-9-5-10-16-11-7-13(17)8-12-16/h13,17H,2-12H2,1H3,(H,15,18). The molecule has 4 nitrogen and oxygen atoms in total. The summed E-state index contributed by atoms with van der Waals surface area (Å²) in [7, 11) is 0. The number of unbranched alkanes of at least 4 members (excludes halogenated alkanes) is 2. The van der Waals surface area contributed by atoms with Crippen LogP contribution in [0.3, 0.4) is 0 Å². The molecule has 1 fully saturated rings. The maximum atomic E-state index is 11.5. The smallest absolute Gasteiger partial charge is 0.219 e. The molecule has 0 aliphatic carbocycles. The Kier molecular flexibility index (Phi) is 8.01. The molecule has 0 aromatic carbocycles. The lowest BCUT2D eigenvalue weighted by atomic mass is 10.1. The van der Waals surface area contributed by atoms with Crippen molar-refractivity contribution in [2.75, 3.05) is 26.2 Å². The molecular weight excluding hydrogens is 228 g/mol. The van der Waals surface area contributed by atoms with Crippen molar-refractivity contribution in [1.29, 1.82) is 0 Å². The number of carbonyl (C=O) groups is 1. The van der Waals surface area contributed by atoms with Gasteiger partial charge in [-0.05, 0) is 32.2 Å². The molecule has 2 N–H and O–H groups in total. The monoisotopic (exact) mass is 256 g/mol. The maximum absolute atomic E-state index is 11.5. The molecule has 0 aromatic heterocycles. The van der Waals surface area contributed by atoms with E-state index >= 15 is 0 Å². The minimum Gasteiger partial charge on any atom is -0.393 e.